The third-order valence-electron chi connectivity index (χ3n) is 9.04. The van der Waals surface area contributed by atoms with E-state index in [0.717, 1.165) is 44.1 Å². The van der Waals surface area contributed by atoms with Crippen LogP contribution in [0.15, 0.2) is 92.7 Å². The molecule has 0 aliphatic carbocycles. The van der Waals surface area contributed by atoms with Crippen LogP contribution in [-0.4, -0.2) is 132 Å². The summed E-state index contributed by atoms with van der Waals surface area (Å²) >= 11 is 5.29. The number of carboxylic acids is 4. The number of phenols is 1. The van der Waals surface area contributed by atoms with Crippen molar-refractivity contribution in [2.45, 2.75) is 52.6 Å². The van der Waals surface area contributed by atoms with Gasteiger partial charge < -0.3 is 70.2 Å². The number of primary amides is 3. The molecule has 32 heteroatoms. The topological polar surface area (TPSA) is 511 Å². The standard InChI is InChI=1S/C17H20N4O9S.C12H13N3O6S.C8H9NO2S.C7H7IN2O/c18-9(17(28)29)2-4-13(22)20-11(15(25)19-6-14(23)24)7-31-12-3-1-8(16(26)27)5-10(12)21-30;1-6(16)14-8(12(18)19)5-22-10-3-2-7(11(13)17)4-9(10)15(20)21;1-12-7-3-2-5(8(9)11)4-6(7)10;8-5-2-1-4(7(10)11)3-6(5)9/h1,3,5,9,11H,2,4,6-7,18H2,(H,19,25)(H,20,22)(H,23,24)(H,26,27)(H,28,29);2-4,8H,5H2,1H3,(H2,13,17)(H,14,16)(H,18,19);2-4,10H,1H3,(H2,9,11);1-3H,9H2,(H2,10,11). The number of benzene rings is 4. The van der Waals surface area contributed by atoms with Crippen LogP contribution in [-0.2, 0) is 28.8 Å². The van der Waals surface area contributed by atoms with Crippen LogP contribution in [0.5, 0.6) is 5.75 Å². The molecule has 0 heterocycles. The fourth-order valence-corrected chi connectivity index (χ4v) is 8.05. The third-order valence-corrected chi connectivity index (χ3v) is 13.1. The summed E-state index contributed by atoms with van der Waals surface area (Å²) < 4.78 is 0.924. The summed E-state index contributed by atoms with van der Waals surface area (Å²) in [6, 6.07) is 13.2. The molecular weight excluding hydrogens is 1180 g/mol. The van der Waals surface area contributed by atoms with Gasteiger partial charge in [0.05, 0.1) is 15.4 Å². The summed E-state index contributed by atoms with van der Waals surface area (Å²) in [7, 11) is 0. The highest BCUT2D eigenvalue weighted by Gasteiger charge is 2.25. The third kappa shape index (κ3) is 23.9. The number of nitrogen functional groups attached to an aromatic ring is 1. The zero-order chi connectivity index (χ0) is 58.0. The molecule has 0 bridgehead atoms. The number of halogens is 1. The molecule has 4 aromatic rings. The second-order valence-electron chi connectivity index (χ2n) is 14.7. The van der Waals surface area contributed by atoms with Crippen molar-refractivity contribution in [3.63, 3.8) is 0 Å². The van der Waals surface area contributed by atoms with Gasteiger partial charge in [0, 0.05) is 66.7 Å². The Morgan fingerprint density at radius 2 is 1.24 bits per heavy atom. The quantitative estimate of drug-likeness (QED) is 0.0127. The number of aliphatic carboxylic acids is 3. The van der Waals surface area contributed by atoms with Crippen LogP contribution in [0.1, 0.15) is 61.2 Å². The van der Waals surface area contributed by atoms with Crippen LogP contribution in [0, 0.1) is 18.6 Å². The minimum atomic E-state index is -1.31. The van der Waals surface area contributed by atoms with E-state index in [2.05, 4.69) is 43.7 Å². The first kappa shape index (κ1) is 65.9. The smallest absolute Gasteiger partial charge is 0.335 e. The predicted molar refractivity (Wildman–Crippen MR) is 285 cm³/mol. The van der Waals surface area contributed by atoms with Gasteiger partial charge in [-0.1, -0.05) is 0 Å². The van der Waals surface area contributed by atoms with Gasteiger partial charge in [-0.3, -0.25) is 48.5 Å². The van der Waals surface area contributed by atoms with Crippen molar-refractivity contribution in [3.05, 3.63) is 114 Å². The summed E-state index contributed by atoms with van der Waals surface area (Å²) in [6.45, 7) is 0.471. The van der Waals surface area contributed by atoms with Gasteiger partial charge in [0.15, 0.2) is 0 Å². The number of hydrogen-bond donors (Lipinski definition) is 13. The lowest BCUT2D eigenvalue weighted by Gasteiger charge is -2.18. The molecule has 0 aliphatic rings. The Kier molecular flexibility index (Phi) is 28.6. The molecule has 0 aliphatic heterocycles. The number of nitrogens with one attached hydrogen (secondary N) is 3. The summed E-state index contributed by atoms with van der Waals surface area (Å²) in [6.07, 6.45) is 1.36. The van der Waals surface area contributed by atoms with E-state index in [0.29, 0.717) is 16.8 Å². The number of nitrogens with two attached hydrogens (primary N) is 5. The lowest BCUT2D eigenvalue weighted by atomic mass is 10.1. The van der Waals surface area contributed by atoms with Gasteiger partial charge in [-0.25, -0.2) is 9.59 Å². The Balaban J connectivity index is 0.000000552. The first-order valence-corrected chi connectivity index (χ1v) is 25.1. The van der Waals surface area contributed by atoms with Crippen molar-refractivity contribution in [3.8, 4) is 5.75 Å². The lowest BCUT2D eigenvalue weighted by Crippen LogP contribution is -2.49. The zero-order valence-electron chi connectivity index (χ0n) is 39.6. The molecule has 0 fully saturated rings. The highest BCUT2D eigenvalue weighted by atomic mass is 127. The number of nitro groups is 1. The number of thioether (sulfide) groups is 3. The molecule has 0 spiro atoms. The zero-order valence-corrected chi connectivity index (χ0v) is 44.2. The SMILES string of the molecule is CC(=O)NC(CSc1ccc(C(N)=O)cc1[N+](=O)[O-])C(=O)O.CSc1ccc(C(N)=O)cc1O.NC(=O)c1ccc(I)c(N)c1.NC(CCC(=O)NC(CSc1ccc(C(=O)O)cc1N=O)C(=O)NCC(=O)O)C(=O)O. The van der Waals surface area contributed by atoms with E-state index in [9.17, 15) is 68.1 Å². The van der Waals surface area contributed by atoms with E-state index in [-0.39, 0.29) is 62.4 Å². The van der Waals surface area contributed by atoms with Crippen molar-refractivity contribution in [1.82, 2.24) is 16.0 Å². The average molecular weight is 1230 g/mol. The Bertz CT molecular complexity index is 2840. The maximum Gasteiger partial charge on any atom is 0.335 e. The molecule has 6 amide bonds. The minimum absolute atomic E-state index is 0.0207. The van der Waals surface area contributed by atoms with Crippen molar-refractivity contribution in [2.24, 2.45) is 28.1 Å². The number of nitroso groups, excluding NO2 is 1. The van der Waals surface area contributed by atoms with Crippen molar-refractivity contribution in [1.29, 1.82) is 0 Å². The number of amides is 6. The molecule has 28 nitrogen and oxygen atoms in total. The van der Waals surface area contributed by atoms with E-state index in [1.807, 2.05) is 6.26 Å². The average Bonchev–Trinajstić information content (AvgIpc) is 3.35. The Hall–Kier alpha value is -8.08. The second kappa shape index (κ2) is 33.0. The molecule has 408 valence electrons. The number of hydrogen-bond acceptors (Lipinski definition) is 20. The molecule has 3 atom stereocenters. The summed E-state index contributed by atoms with van der Waals surface area (Å²) in [5.41, 5.74) is 26.6. The first-order valence-electron chi connectivity index (χ1n) is 20.9. The van der Waals surface area contributed by atoms with E-state index in [4.69, 9.17) is 49.1 Å². The lowest BCUT2D eigenvalue weighted by molar-refractivity contribution is -0.387. The van der Waals surface area contributed by atoms with Crippen molar-refractivity contribution < 1.29 is 78.4 Å². The summed E-state index contributed by atoms with van der Waals surface area (Å²) in [5, 5.41) is 65.2. The fourth-order valence-electron chi connectivity index (χ4n) is 5.23. The highest BCUT2D eigenvalue weighted by molar-refractivity contribution is 14.1. The summed E-state index contributed by atoms with van der Waals surface area (Å²) in [4.78, 5) is 133. The molecule has 4 aromatic carbocycles. The van der Waals surface area contributed by atoms with Crippen LogP contribution in [0.25, 0.3) is 0 Å². The molecule has 76 heavy (non-hydrogen) atoms. The van der Waals surface area contributed by atoms with E-state index >= 15 is 0 Å². The molecule has 3 unspecified atom stereocenters. The number of aromatic hydroxyl groups is 1. The normalized spacial score (nSPS) is 11.3. The van der Waals surface area contributed by atoms with Gasteiger partial charge in [-0.2, -0.15) is 0 Å². The van der Waals surface area contributed by atoms with Crippen LogP contribution in [0.4, 0.5) is 17.1 Å². The molecule has 0 radical (unpaired) electrons. The largest absolute Gasteiger partial charge is 0.507 e. The van der Waals surface area contributed by atoms with Crippen LogP contribution in [0.2, 0.25) is 0 Å². The molecule has 18 N–H and O–H groups in total. The monoisotopic (exact) mass is 1230 g/mol. The molecule has 0 saturated carbocycles. The van der Waals surface area contributed by atoms with Gasteiger partial charge in [-0.05, 0) is 107 Å². The van der Waals surface area contributed by atoms with Crippen molar-refractivity contribution in [2.75, 3.05) is 30.0 Å². The van der Waals surface area contributed by atoms with E-state index in [1.54, 1.807) is 30.3 Å². The Labute approximate surface area is 456 Å². The maximum absolute atomic E-state index is 12.3. The number of carbonyl (C=O) groups excluding carboxylic acids is 6. The molecular formula is C44H49IN10O18S3. The highest BCUT2D eigenvalue weighted by Crippen LogP contribution is 2.32. The number of anilines is 1. The van der Waals surface area contributed by atoms with Gasteiger partial charge in [-0.15, -0.1) is 40.2 Å². The number of aromatic carboxylic acids is 1. The second-order valence-corrected chi connectivity index (χ2v) is 18.8. The molecule has 0 saturated heterocycles. The number of carbonyl (C=O) groups is 10. The number of nitro benzene ring substituents is 1. The van der Waals surface area contributed by atoms with Gasteiger partial charge in [0.1, 0.15) is 36.1 Å². The van der Waals surface area contributed by atoms with Gasteiger partial charge in [0.2, 0.25) is 35.4 Å². The van der Waals surface area contributed by atoms with Crippen LogP contribution in [0.3, 0.4) is 0 Å². The number of carboxylic acid groups (broad SMARTS) is 4. The van der Waals surface area contributed by atoms with Crippen LogP contribution < -0.4 is 44.6 Å². The summed E-state index contributed by atoms with van der Waals surface area (Å²) in [5.74, 6) is -9.11. The Morgan fingerprint density at radius 3 is 1.71 bits per heavy atom. The maximum atomic E-state index is 12.3. The number of rotatable bonds is 23. The fraction of sp³-hybridized carbons (Fsp3) is 0.227. The van der Waals surface area contributed by atoms with E-state index < -0.39 is 88.9 Å². The van der Waals surface area contributed by atoms with Gasteiger partial charge in [0.25, 0.3) is 5.69 Å². The van der Waals surface area contributed by atoms with E-state index in [1.165, 1.54) is 49.0 Å². The van der Waals surface area contributed by atoms with Crippen LogP contribution >= 0.6 is 57.9 Å². The Morgan fingerprint density at radius 1 is 0.724 bits per heavy atom. The predicted octanol–water partition coefficient (Wildman–Crippen LogP) is 2.31. The first-order chi connectivity index (χ1) is 35.5. The van der Waals surface area contributed by atoms with Gasteiger partial charge >= 0.3 is 23.9 Å². The molecule has 0 aromatic heterocycles. The molecule has 4 rings (SSSR count). The number of phenolic OH excluding ortho intramolecular Hbond substituents is 1. The number of nitrogens with zero attached hydrogens (tertiary/aromatic N) is 2. The minimum Gasteiger partial charge on any atom is -0.507 e. The van der Waals surface area contributed by atoms with Crippen molar-refractivity contribution >= 4 is 134 Å².